The Hall–Kier alpha value is -2.65. The third kappa shape index (κ3) is 3.75. The number of rotatable bonds is 6. The molecule has 0 aliphatic heterocycles. The molecule has 158 valence electrons. The molecule has 3 aromatic heterocycles. The molecule has 4 aromatic rings. The zero-order valence-corrected chi connectivity index (χ0v) is 17.1. The van der Waals surface area contributed by atoms with Crippen molar-refractivity contribution < 1.29 is 13.2 Å². The van der Waals surface area contributed by atoms with Crippen molar-refractivity contribution in [2.45, 2.75) is 31.9 Å². The minimum atomic E-state index is -4.55. The van der Waals surface area contributed by atoms with Crippen LogP contribution in [0.25, 0.3) is 27.8 Å². The third-order valence-electron chi connectivity index (χ3n) is 5.07. The van der Waals surface area contributed by atoms with Crippen LogP contribution in [0.1, 0.15) is 37.2 Å². The summed E-state index contributed by atoms with van der Waals surface area (Å²) < 4.78 is 41.6. The summed E-state index contributed by atoms with van der Waals surface area (Å²) in [6.07, 6.45) is -1.20. The number of hydrogen-bond donors (Lipinski definition) is 2. The smallest absolute Gasteiger partial charge is 0.320 e. The number of nitrogens with one attached hydrogen (secondary N) is 2. The SMILES string of the molecule is CNCCC[C@H](C)c1nc2ccc(C(F)(F)F)nc2n1-c1cc(Cl)c2[nH]ncc2c1. The number of pyridine rings is 1. The van der Waals surface area contributed by atoms with E-state index in [0.717, 1.165) is 30.8 Å². The van der Waals surface area contributed by atoms with Crippen LogP contribution >= 0.6 is 11.6 Å². The van der Waals surface area contributed by atoms with Crippen molar-refractivity contribution in [1.29, 1.82) is 0 Å². The third-order valence-corrected chi connectivity index (χ3v) is 5.37. The lowest BCUT2D eigenvalue weighted by molar-refractivity contribution is -0.141. The Labute approximate surface area is 175 Å². The molecule has 2 N–H and O–H groups in total. The summed E-state index contributed by atoms with van der Waals surface area (Å²) in [5.41, 5.74) is 0.859. The van der Waals surface area contributed by atoms with Crippen LogP contribution < -0.4 is 5.32 Å². The summed E-state index contributed by atoms with van der Waals surface area (Å²) in [7, 11) is 1.88. The first-order valence-corrected chi connectivity index (χ1v) is 9.91. The van der Waals surface area contributed by atoms with Gasteiger partial charge in [0.1, 0.15) is 17.0 Å². The van der Waals surface area contributed by atoms with E-state index in [-0.39, 0.29) is 11.6 Å². The Morgan fingerprint density at radius 2 is 2.03 bits per heavy atom. The predicted molar refractivity (Wildman–Crippen MR) is 110 cm³/mol. The van der Waals surface area contributed by atoms with Gasteiger partial charge in [0.05, 0.1) is 22.4 Å². The fraction of sp³-hybridized carbons (Fsp3) is 0.350. The molecule has 0 saturated heterocycles. The van der Waals surface area contributed by atoms with Crippen LogP contribution in [0.15, 0.2) is 30.5 Å². The number of H-pyrrole nitrogens is 1. The van der Waals surface area contributed by atoms with Crippen LogP contribution in [-0.2, 0) is 6.18 Å². The molecule has 3 heterocycles. The summed E-state index contributed by atoms with van der Waals surface area (Å²) in [4.78, 5) is 8.55. The highest BCUT2D eigenvalue weighted by Gasteiger charge is 2.33. The molecule has 0 saturated carbocycles. The molecule has 0 fully saturated rings. The van der Waals surface area contributed by atoms with Crippen LogP contribution in [0, 0.1) is 0 Å². The van der Waals surface area contributed by atoms with Gasteiger partial charge in [0.25, 0.3) is 0 Å². The van der Waals surface area contributed by atoms with Gasteiger partial charge in [-0.25, -0.2) is 9.97 Å². The van der Waals surface area contributed by atoms with Gasteiger partial charge in [-0.3, -0.25) is 9.67 Å². The van der Waals surface area contributed by atoms with E-state index in [4.69, 9.17) is 11.6 Å². The topological polar surface area (TPSA) is 71.4 Å². The number of aromatic amines is 1. The number of benzene rings is 1. The van der Waals surface area contributed by atoms with Crippen molar-refractivity contribution >= 4 is 33.7 Å². The quantitative estimate of drug-likeness (QED) is 0.414. The number of alkyl halides is 3. The summed E-state index contributed by atoms with van der Waals surface area (Å²) in [5, 5.41) is 11.1. The van der Waals surface area contributed by atoms with Gasteiger partial charge in [0.15, 0.2) is 5.65 Å². The average molecular weight is 437 g/mol. The molecule has 0 aliphatic carbocycles. The van der Waals surface area contributed by atoms with Crippen molar-refractivity contribution in [3.63, 3.8) is 0 Å². The Morgan fingerprint density at radius 3 is 2.77 bits per heavy atom. The zero-order valence-electron chi connectivity index (χ0n) is 16.4. The number of fused-ring (bicyclic) bond motifs is 2. The van der Waals surface area contributed by atoms with E-state index >= 15 is 0 Å². The first-order valence-electron chi connectivity index (χ1n) is 9.53. The fourth-order valence-electron chi connectivity index (χ4n) is 3.56. The maximum atomic E-state index is 13.3. The molecule has 10 heteroatoms. The number of aromatic nitrogens is 5. The highest BCUT2D eigenvalue weighted by molar-refractivity contribution is 6.35. The maximum Gasteiger partial charge on any atom is 0.433 e. The first kappa shape index (κ1) is 20.6. The van der Waals surface area contributed by atoms with Crippen molar-refractivity contribution in [3.05, 3.63) is 47.0 Å². The normalized spacial score (nSPS) is 13.4. The molecule has 0 radical (unpaired) electrons. The molecule has 0 spiro atoms. The summed E-state index contributed by atoms with van der Waals surface area (Å²) in [5.74, 6) is 0.646. The molecule has 0 aliphatic rings. The molecular weight excluding hydrogens is 417 g/mol. The van der Waals surface area contributed by atoms with Crippen LogP contribution in [-0.4, -0.2) is 38.3 Å². The van der Waals surface area contributed by atoms with Gasteiger partial charge in [0, 0.05) is 11.3 Å². The first-order chi connectivity index (χ1) is 14.3. The van der Waals surface area contributed by atoms with Crippen molar-refractivity contribution in [2.75, 3.05) is 13.6 Å². The van der Waals surface area contributed by atoms with E-state index in [0.29, 0.717) is 27.6 Å². The van der Waals surface area contributed by atoms with Gasteiger partial charge in [-0.2, -0.15) is 18.3 Å². The average Bonchev–Trinajstić information content (AvgIpc) is 3.31. The predicted octanol–water partition coefficient (Wildman–Crippen LogP) is 5.07. The number of imidazole rings is 1. The van der Waals surface area contributed by atoms with Gasteiger partial charge >= 0.3 is 6.18 Å². The molecule has 0 unspecified atom stereocenters. The van der Waals surface area contributed by atoms with Crippen LogP contribution in [0.5, 0.6) is 0 Å². The highest BCUT2D eigenvalue weighted by Crippen LogP contribution is 2.34. The lowest BCUT2D eigenvalue weighted by Gasteiger charge is -2.15. The van der Waals surface area contributed by atoms with Gasteiger partial charge in [-0.1, -0.05) is 18.5 Å². The van der Waals surface area contributed by atoms with Gasteiger partial charge in [-0.05, 0) is 50.7 Å². The largest absolute Gasteiger partial charge is 0.433 e. The molecule has 0 bridgehead atoms. The minimum Gasteiger partial charge on any atom is -0.320 e. The fourth-order valence-corrected chi connectivity index (χ4v) is 3.82. The van der Waals surface area contributed by atoms with E-state index < -0.39 is 11.9 Å². The summed E-state index contributed by atoms with van der Waals surface area (Å²) in [6, 6.07) is 5.83. The van der Waals surface area contributed by atoms with E-state index in [2.05, 4.69) is 25.5 Å². The second kappa shape index (κ2) is 7.88. The van der Waals surface area contributed by atoms with Crippen LogP contribution in [0.4, 0.5) is 13.2 Å². The van der Waals surface area contributed by atoms with Crippen molar-refractivity contribution in [2.24, 2.45) is 0 Å². The molecule has 4 rings (SSSR count). The molecular formula is C20H20ClF3N6. The van der Waals surface area contributed by atoms with E-state index in [1.807, 2.05) is 20.0 Å². The Balaban J connectivity index is 1.93. The van der Waals surface area contributed by atoms with Gasteiger partial charge in [-0.15, -0.1) is 0 Å². The Kier molecular flexibility index (Phi) is 5.42. The lowest BCUT2D eigenvalue weighted by atomic mass is 10.0. The molecule has 6 nitrogen and oxygen atoms in total. The zero-order chi connectivity index (χ0) is 21.5. The number of halogens is 4. The van der Waals surface area contributed by atoms with E-state index in [9.17, 15) is 13.2 Å². The van der Waals surface area contributed by atoms with Crippen LogP contribution in [0.3, 0.4) is 0 Å². The number of nitrogens with zero attached hydrogens (tertiary/aromatic N) is 4. The highest BCUT2D eigenvalue weighted by atomic mass is 35.5. The Bertz CT molecular complexity index is 1200. The molecule has 30 heavy (non-hydrogen) atoms. The van der Waals surface area contributed by atoms with Crippen LogP contribution in [0.2, 0.25) is 5.02 Å². The Morgan fingerprint density at radius 1 is 1.23 bits per heavy atom. The van der Waals surface area contributed by atoms with Crippen molar-refractivity contribution in [3.8, 4) is 5.69 Å². The summed E-state index contributed by atoms with van der Waals surface area (Å²) in [6.45, 7) is 2.85. The standard InChI is InChI=1S/C20H20ClF3N6/c1-11(4-3-7-25-2)18-27-15-5-6-16(20(22,23)24)28-19(15)30(18)13-8-12-10-26-29-17(12)14(21)9-13/h5-6,8-11,25H,3-4,7H2,1-2H3,(H,26,29)/t11-/m0/s1. The second-order valence-corrected chi connectivity index (χ2v) is 7.66. The summed E-state index contributed by atoms with van der Waals surface area (Å²) >= 11 is 6.40. The maximum absolute atomic E-state index is 13.3. The van der Waals surface area contributed by atoms with Crippen molar-refractivity contribution in [1.82, 2.24) is 30.0 Å². The second-order valence-electron chi connectivity index (χ2n) is 7.25. The van der Waals surface area contributed by atoms with Gasteiger partial charge < -0.3 is 5.32 Å². The lowest BCUT2D eigenvalue weighted by Crippen LogP contribution is -2.12. The van der Waals surface area contributed by atoms with E-state index in [1.54, 1.807) is 16.8 Å². The number of hydrogen-bond acceptors (Lipinski definition) is 4. The van der Waals surface area contributed by atoms with E-state index in [1.165, 1.54) is 6.07 Å². The molecule has 1 aromatic carbocycles. The van der Waals surface area contributed by atoms with Gasteiger partial charge in [0.2, 0.25) is 0 Å². The minimum absolute atomic E-state index is 0.000656. The molecule has 1 atom stereocenters. The molecule has 0 amide bonds. The monoisotopic (exact) mass is 436 g/mol.